The number of nitrogens with one attached hydrogen (secondary N) is 3. The molecule has 1 aliphatic carbocycles. The molecule has 0 saturated carbocycles. The number of anilines is 1. The molecular formula is C15H19N5O3. The number of nitrogens with two attached hydrogens (primary N) is 1. The summed E-state index contributed by atoms with van der Waals surface area (Å²) in [4.78, 5) is 21.7. The zero-order chi connectivity index (χ0) is 16.2. The van der Waals surface area contributed by atoms with E-state index in [0.717, 1.165) is 5.56 Å². The average Bonchev–Trinajstić information content (AvgIpc) is 3.09. The molecule has 4 rings (SSSR count). The minimum atomic E-state index is -0.570. The van der Waals surface area contributed by atoms with Crippen molar-refractivity contribution in [3.05, 3.63) is 34.3 Å². The van der Waals surface area contributed by atoms with E-state index in [1.54, 1.807) is 6.20 Å². The van der Waals surface area contributed by atoms with Crippen molar-refractivity contribution < 1.29 is 9.47 Å². The van der Waals surface area contributed by atoms with E-state index in [1.807, 2.05) is 26.0 Å². The van der Waals surface area contributed by atoms with Gasteiger partial charge in [0, 0.05) is 12.7 Å². The van der Waals surface area contributed by atoms with Gasteiger partial charge in [-0.05, 0) is 19.4 Å². The van der Waals surface area contributed by atoms with Gasteiger partial charge >= 0.3 is 0 Å². The van der Waals surface area contributed by atoms with Gasteiger partial charge in [0.15, 0.2) is 5.79 Å². The molecule has 1 fully saturated rings. The highest BCUT2D eigenvalue weighted by Crippen LogP contribution is 2.34. The van der Waals surface area contributed by atoms with Crippen LogP contribution in [0.1, 0.15) is 19.4 Å². The molecule has 5 N–H and O–H groups in total. The van der Waals surface area contributed by atoms with Crippen molar-refractivity contribution in [2.75, 3.05) is 5.73 Å². The third-order valence-corrected chi connectivity index (χ3v) is 4.20. The Morgan fingerprint density at radius 1 is 1.39 bits per heavy atom. The number of ether oxygens (including phenoxy) is 2. The Labute approximate surface area is 132 Å². The minimum Gasteiger partial charge on any atom is -0.369 e. The molecular weight excluding hydrogens is 298 g/mol. The SMILES string of the molecule is CC1(C)OC2C(NCc3c[nH]c4nc(N)[nH]c(=O)c34)C=C[C@H]2O1. The summed E-state index contributed by atoms with van der Waals surface area (Å²) < 4.78 is 11.7. The molecule has 0 bridgehead atoms. The first kappa shape index (κ1) is 14.4. The van der Waals surface area contributed by atoms with E-state index >= 15 is 0 Å². The van der Waals surface area contributed by atoms with Gasteiger partial charge in [0.05, 0.1) is 11.4 Å². The number of rotatable bonds is 3. The molecule has 2 aromatic rings. The lowest BCUT2D eigenvalue weighted by atomic mass is 10.1. The number of fused-ring (bicyclic) bond motifs is 2. The Bertz CT molecular complexity index is 837. The van der Waals surface area contributed by atoms with E-state index in [9.17, 15) is 4.79 Å². The Hall–Kier alpha value is -2.16. The third kappa shape index (κ3) is 2.44. The first-order chi connectivity index (χ1) is 10.9. The maximum Gasteiger partial charge on any atom is 0.262 e. The molecule has 2 aliphatic rings. The summed E-state index contributed by atoms with van der Waals surface area (Å²) in [6.07, 6.45) is 5.74. The summed E-state index contributed by atoms with van der Waals surface area (Å²) in [6.45, 7) is 4.33. The number of nitrogen functional groups attached to an aromatic ring is 1. The van der Waals surface area contributed by atoms with Crippen molar-refractivity contribution in [3.63, 3.8) is 0 Å². The van der Waals surface area contributed by atoms with E-state index in [0.29, 0.717) is 17.6 Å². The van der Waals surface area contributed by atoms with Crippen LogP contribution in [0.3, 0.4) is 0 Å². The molecule has 2 unspecified atom stereocenters. The van der Waals surface area contributed by atoms with E-state index in [1.165, 1.54) is 0 Å². The zero-order valence-corrected chi connectivity index (χ0v) is 12.9. The summed E-state index contributed by atoms with van der Waals surface area (Å²) in [5.41, 5.74) is 6.63. The molecule has 1 saturated heterocycles. The van der Waals surface area contributed by atoms with Crippen molar-refractivity contribution in [3.8, 4) is 0 Å². The van der Waals surface area contributed by atoms with Crippen LogP contribution in [0.25, 0.3) is 11.0 Å². The second kappa shape index (κ2) is 4.92. The molecule has 23 heavy (non-hydrogen) atoms. The lowest BCUT2D eigenvalue weighted by Gasteiger charge is -2.21. The molecule has 122 valence electrons. The molecule has 8 heteroatoms. The highest BCUT2D eigenvalue weighted by Gasteiger charge is 2.46. The Kier molecular flexibility index (Phi) is 3.09. The normalized spacial score (nSPS) is 28.5. The maximum atomic E-state index is 12.1. The lowest BCUT2D eigenvalue weighted by Crippen LogP contribution is -2.39. The van der Waals surface area contributed by atoms with E-state index in [2.05, 4.69) is 20.3 Å². The Morgan fingerprint density at radius 3 is 3.04 bits per heavy atom. The predicted octanol–water partition coefficient (Wildman–Crippen LogP) is 0.382. The van der Waals surface area contributed by atoms with Gasteiger partial charge in [0.2, 0.25) is 5.95 Å². The number of H-pyrrole nitrogens is 2. The molecule has 2 aromatic heterocycles. The fourth-order valence-electron chi connectivity index (χ4n) is 3.25. The summed E-state index contributed by atoms with van der Waals surface area (Å²) in [7, 11) is 0. The van der Waals surface area contributed by atoms with Crippen LogP contribution in [0, 0.1) is 0 Å². The van der Waals surface area contributed by atoms with Gasteiger partial charge in [0.1, 0.15) is 17.9 Å². The minimum absolute atomic E-state index is 0.0321. The van der Waals surface area contributed by atoms with Crippen molar-refractivity contribution in [2.45, 2.75) is 44.4 Å². The van der Waals surface area contributed by atoms with Crippen molar-refractivity contribution in [1.82, 2.24) is 20.3 Å². The molecule has 0 radical (unpaired) electrons. The van der Waals surface area contributed by atoms with Crippen LogP contribution in [-0.4, -0.2) is 39.0 Å². The van der Waals surface area contributed by atoms with Gasteiger partial charge in [-0.2, -0.15) is 4.98 Å². The maximum absolute atomic E-state index is 12.1. The molecule has 8 nitrogen and oxygen atoms in total. The highest BCUT2D eigenvalue weighted by atomic mass is 16.8. The average molecular weight is 317 g/mol. The van der Waals surface area contributed by atoms with Gasteiger partial charge in [-0.1, -0.05) is 12.2 Å². The van der Waals surface area contributed by atoms with Gasteiger partial charge < -0.3 is 25.5 Å². The van der Waals surface area contributed by atoms with Crippen LogP contribution >= 0.6 is 0 Å². The van der Waals surface area contributed by atoms with E-state index < -0.39 is 5.79 Å². The third-order valence-electron chi connectivity index (χ3n) is 4.20. The molecule has 0 spiro atoms. The number of hydrogen-bond acceptors (Lipinski definition) is 6. The molecule has 0 amide bonds. The quantitative estimate of drug-likeness (QED) is 0.608. The summed E-state index contributed by atoms with van der Waals surface area (Å²) in [6, 6.07) is 0.0348. The second-order valence-electron chi connectivity index (χ2n) is 6.35. The summed E-state index contributed by atoms with van der Waals surface area (Å²) in [5.74, 6) is -0.469. The van der Waals surface area contributed by atoms with E-state index in [-0.39, 0.29) is 29.8 Å². The van der Waals surface area contributed by atoms with Crippen molar-refractivity contribution in [1.29, 1.82) is 0 Å². The zero-order valence-electron chi connectivity index (χ0n) is 12.9. The Morgan fingerprint density at radius 2 is 2.22 bits per heavy atom. The molecule has 3 heterocycles. The van der Waals surface area contributed by atoms with Crippen molar-refractivity contribution in [2.24, 2.45) is 0 Å². The number of aromatic amines is 2. The monoisotopic (exact) mass is 317 g/mol. The number of nitrogens with zero attached hydrogens (tertiary/aromatic N) is 1. The lowest BCUT2D eigenvalue weighted by molar-refractivity contribution is -0.145. The fraction of sp³-hybridized carbons (Fsp3) is 0.467. The van der Waals surface area contributed by atoms with Crippen LogP contribution in [0.5, 0.6) is 0 Å². The van der Waals surface area contributed by atoms with Gasteiger partial charge in [-0.3, -0.25) is 9.78 Å². The van der Waals surface area contributed by atoms with Crippen LogP contribution in [-0.2, 0) is 16.0 Å². The van der Waals surface area contributed by atoms with Gasteiger partial charge in [-0.15, -0.1) is 0 Å². The van der Waals surface area contributed by atoms with Gasteiger partial charge in [-0.25, -0.2) is 0 Å². The largest absolute Gasteiger partial charge is 0.369 e. The standard InChI is InChI=1S/C15H19N5O3/c1-15(2)22-9-4-3-8(11(9)23-15)17-5-7-6-18-12-10(7)13(21)20-14(16)19-12/h3-4,6,8-9,11,17H,5H2,1-2H3,(H4,16,18,19,20,21)/t8?,9-,11?/m1/s1. The van der Waals surface area contributed by atoms with Crippen LogP contribution in [0.2, 0.25) is 0 Å². The number of hydrogen-bond donors (Lipinski definition) is 4. The number of aromatic nitrogens is 3. The topological polar surface area (TPSA) is 118 Å². The summed E-state index contributed by atoms with van der Waals surface area (Å²) >= 11 is 0. The van der Waals surface area contributed by atoms with Crippen LogP contribution in [0.15, 0.2) is 23.1 Å². The summed E-state index contributed by atoms with van der Waals surface area (Å²) in [5, 5.41) is 3.93. The second-order valence-corrected chi connectivity index (χ2v) is 6.35. The van der Waals surface area contributed by atoms with Crippen molar-refractivity contribution >= 4 is 17.0 Å². The smallest absolute Gasteiger partial charge is 0.262 e. The molecule has 3 atom stereocenters. The molecule has 1 aliphatic heterocycles. The molecule has 0 aromatic carbocycles. The Balaban J connectivity index is 1.52. The highest BCUT2D eigenvalue weighted by molar-refractivity contribution is 5.79. The first-order valence-corrected chi connectivity index (χ1v) is 7.56. The van der Waals surface area contributed by atoms with Crippen LogP contribution in [0.4, 0.5) is 5.95 Å². The first-order valence-electron chi connectivity index (χ1n) is 7.56. The van der Waals surface area contributed by atoms with E-state index in [4.69, 9.17) is 15.2 Å². The predicted molar refractivity (Wildman–Crippen MR) is 84.7 cm³/mol. The van der Waals surface area contributed by atoms with Crippen LogP contribution < -0.4 is 16.6 Å². The fourth-order valence-corrected chi connectivity index (χ4v) is 3.25. The van der Waals surface area contributed by atoms with Gasteiger partial charge in [0.25, 0.3) is 5.56 Å².